The van der Waals surface area contributed by atoms with E-state index in [9.17, 15) is 9.36 Å². The third-order valence-electron chi connectivity index (χ3n) is 2.59. The van der Waals surface area contributed by atoms with Gasteiger partial charge in [0, 0.05) is 7.11 Å². The third-order valence-corrected chi connectivity index (χ3v) is 4.95. The molecular formula is C14H22ClN2O4P. The first-order valence-electron chi connectivity index (χ1n) is 6.86. The predicted molar refractivity (Wildman–Crippen MR) is 88.4 cm³/mol. The Hall–Kier alpha value is -1.07. The van der Waals surface area contributed by atoms with Crippen LogP contribution in [-0.4, -0.2) is 31.6 Å². The summed E-state index contributed by atoms with van der Waals surface area (Å²) in [6, 6.07) is 6.16. The minimum atomic E-state index is -3.23. The number of para-hydroxylation sites is 1. The second kappa shape index (κ2) is 8.53. The monoisotopic (exact) mass is 348 g/mol. The molecule has 0 aliphatic heterocycles. The summed E-state index contributed by atoms with van der Waals surface area (Å²) in [6.45, 7) is 5.09. The summed E-state index contributed by atoms with van der Waals surface area (Å²) >= 11 is 6.05. The minimum absolute atomic E-state index is 0.0997. The third kappa shape index (κ3) is 5.97. The van der Waals surface area contributed by atoms with Gasteiger partial charge in [-0.3, -0.25) is 9.36 Å². The lowest BCUT2D eigenvalue weighted by atomic mass is 10.3. The molecule has 124 valence electrons. The molecule has 0 aromatic heterocycles. The molecule has 0 spiro atoms. The summed E-state index contributed by atoms with van der Waals surface area (Å²) in [5, 5.41) is 6.03. The molecule has 0 saturated carbocycles. The number of esters is 1. The van der Waals surface area contributed by atoms with Crippen molar-refractivity contribution in [3.63, 3.8) is 0 Å². The molecule has 0 radical (unpaired) electrons. The van der Waals surface area contributed by atoms with Gasteiger partial charge in [0.15, 0.2) is 0 Å². The molecule has 1 unspecified atom stereocenters. The molecule has 0 heterocycles. The number of anilines is 1. The Kier molecular flexibility index (Phi) is 7.36. The van der Waals surface area contributed by atoms with Crippen LogP contribution in [0.25, 0.3) is 0 Å². The topological polar surface area (TPSA) is 76.7 Å². The molecule has 0 saturated heterocycles. The van der Waals surface area contributed by atoms with Crippen molar-refractivity contribution in [1.82, 2.24) is 5.09 Å². The Bertz CT molecular complexity index is 553. The number of halogens is 1. The largest absolute Gasteiger partial charge is 0.462 e. The Morgan fingerprint density at radius 3 is 2.50 bits per heavy atom. The lowest BCUT2D eigenvalue weighted by molar-refractivity contribution is -0.148. The van der Waals surface area contributed by atoms with Crippen molar-refractivity contribution >= 4 is 30.7 Å². The molecule has 2 atom stereocenters. The van der Waals surface area contributed by atoms with Crippen molar-refractivity contribution in [1.29, 1.82) is 0 Å². The number of hydrogen-bond donors (Lipinski definition) is 2. The van der Waals surface area contributed by atoms with E-state index in [2.05, 4.69) is 10.2 Å². The van der Waals surface area contributed by atoms with Gasteiger partial charge in [0.25, 0.3) is 7.44 Å². The Labute approximate surface area is 136 Å². The van der Waals surface area contributed by atoms with Crippen molar-refractivity contribution in [2.24, 2.45) is 0 Å². The number of ether oxygens (including phenoxy) is 2. The minimum Gasteiger partial charge on any atom is -0.462 e. The molecule has 8 heteroatoms. The van der Waals surface area contributed by atoms with Crippen molar-refractivity contribution in [2.45, 2.75) is 32.9 Å². The van der Waals surface area contributed by atoms with Crippen LogP contribution >= 0.6 is 19.0 Å². The van der Waals surface area contributed by atoms with Gasteiger partial charge in [-0.15, -0.1) is 0 Å². The molecule has 0 bridgehead atoms. The van der Waals surface area contributed by atoms with Crippen LogP contribution in [0.5, 0.6) is 0 Å². The van der Waals surface area contributed by atoms with E-state index >= 15 is 0 Å². The fraction of sp³-hybridized carbons (Fsp3) is 0.500. The van der Waals surface area contributed by atoms with E-state index in [-0.39, 0.29) is 12.5 Å². The molecule has 22 heavy (non-hydrogen) atoms. The fourth-order valence-corrected chi connectivity index (χ4v) is 3.86. The zero-order valence-electron chi connectivity index (χ0n) is 13.1. The van der Waals surface area contributed by atoms with Crippen LogP contribution in [0.3, 0.4) is 0 Å². The van der Waals surface area contributed by atoms with Crippen LogP contribution in [0.2, 0.25) is 5.02 Å². The number of hydrogen-bond acceptors (Lipinski definition) is 4. The van der Waals surface area contributed by atoms with Crippen LogP contribution in [0.15, 0.2) is 24.3 Å². The first kappa shape index (κ1) is 19.0. The Morgan fingerprint density at radius 1 is 1.32 bits per heavy atom. The molecule has 0 amide bonds. The average molecular weight is 349 g/mol. The summed E-state index contributed by atoms with van der Waals surface area (Å²) < 4.78 is 23.0. The molecule has 0 aliphatic carbocycles. The van der Waals surface area contributed by atoms with Crippen LogP contribution < -0.4 is 10.2 Å². The summed E-state index contributed by atoms with van der Waals surface area (Å²) in [4.78, 5) is 11.9. The number of carbonyl (C=O) groups excluding carboxylic acids is 1. The van der Waals surface area contributed by atoms with Gasteiger partial charge in [0.1, 0.15) is 12.4 Å². The molecule has 6 nitrogen and oxygen atoms in total. The molecule has 0 fully saturated rings. The maximum atomic E-state index is 12.9. The Morgan fingerprint density at radius 2 is 1.95 bits per heavy atom. The number of methoxy groups -OCH3 is 1. The van der Waals surface area contributed by atoms with Crippen LogP contribution in [0, 0.1) is 0 Å². The second-order valence-electron chi connectivity index (χ2n) is 5.09. The van der Waals surface area contributed by atoms with Gasteiger partial charge in [0.2, 0.25) is 0 Å². The highest BCUT2D eigenvalue weighted by Crippen LogP contribution is 2.43. The van der Waals surface area contributed by atoms with Gasteiger partial charge in [-0.05, 0) is 32.9 Å². The molecule has 1 rings (SSSR count). The first-order valence-corrected chi connectivity index (χ1v) is 9.13. The summed E-state index contributed by atoms with van der Waals surface area (Å²) in [5.74, 6) is -0.479. The number of carbonyl (C=O) groups is 1. The maximum Gasteiger partial charge on any atom is 0.323 e. The van der Waals surface area contributed by atoms with Gasteiger partial charge < -0.3 is 14.6 Å². The lowest BCUT2D eigenvalue weighted by Crippen LogP contribution is -2.37. The van der Waals surface area contributed by atoms with Crippen LogP contribution in [0.1, 0.15) is 20.8 Å². The van der Waals surface area contributed by atoms with Gasteiger partial charge in [0.05, 0.1) is 16.8 Å². The quantitative estimate of drug-likeness (QED) is 0.553. The predicted octanol–water partition coefficient (Wildman–Crippen LogP) is 3.48. The second-order valence-corrected chi connectivity index (χ2v) is 7.71. The molecular weight excluding hydrogens is 327 g/mol. The van der Waals surface area contributed by atoms with E-state index in [0.29, 0.717) is 10.7 Å². The summed E-state index contributed by atoms with van der Waals surface area (Å²) in [6.07, 6.45) is -0.340. The smallest absolute Gasteiger partial charge is 0.323 e. The molecule has 1 aromatic carbocycles. The highest BCUT2D eigenvalue weighted by atomic mass is 35.5. The molecule has 1 aromatic rings. The number of benzene rings is 1. The zero-order valence-corrected chi connectivity index (χ0v) is 14.8. The van der Waals surface area contributed by atoms with Gasteiger partial charge in [-0.25, -0.2) is 5.09 Å². The summed E-state index contributed by atoms with van der Waals surface area (Å²) in [7, 11) is -1.80. The van der Waals surface area contributed by atoms with Crippen LogP contribution in [0.4, 0.5) is 5.69 Å². The van der Waals surface area contributed by atoms with E-state index in [1.165, 1.54) is 7.11 Å². The van der Waals surface area contributed by atoms with E-state index in [0.717, 1.165) is 0 Å². The van der Waals surface area contributed by atoms with Gasteiger partial charge >= 0.3 is 5.97 Å². The van der Waals surface area contributed by atoms with Crippen molar-refractivity contribution < 1.29 is 18.8 Å². The lowest BCUT2D eigenvalue weighted by Gasteiger charge is -2.25. The van der Waals surface area contributed by atoms with Crippen molar-refractivity contribution in [3.8, 4) is 0 Å². The van der Waals surface area contributed by atoms with E-state index < -0.39 is 19.5 Å². The molecule has 2 N–H and O–H groups in total. The van der Waals surface area contributed by atoms with Gasteiger partial charge in [-0.1, -0.05) is 23.7 Å². The number of rotatable bonds is 8. The SMILES string of the molecule is COCP(=O)(Nc1ccccc1Cl)N[C@@H](C)C(=O)OC(C)C. The zero-order chi connectivity index (χ0) is 16.8. The highest BCUT2D eigenvalue weighted by Gasteiger charge is 2.29. The maximum absolute atomic E-state index is 12.9. The normalized spacial score (nSPS) is 15.2. The Balaban J connectivity index is 2.85. The fourth-order valence-electron chi connectivity index (χ4n) is 1.73. The van der Waals surface area contributed by atoms with Crippen molar-refractivity contribution in [3.05, 3.63) is 29.3 Å². The highest BCUT2D eigenvalue weighted by molar-refractivity contribution is 7.63. The standard InChI is InChI=1S/C14H22ClN2O4P/c1-10(2)21-14(18)11(3)16-22(19,9-20-4)17-13-8-6-5-7-12(13)15/h5-8,10-11H,9H2,1-4H3,(H2,16,17,19)/t11-,22?/m0/s1. The average Bonchev–Trinajstić information content (AvgIpc) is 2.40. The number of nitrogens with one attached hydrogen (secondary N) is 2. The first-order chi connectivity index (χ1) is 10.3. The summed E-state index contributed by atoms with van der Waals surface area (Å²) in [5.41, 5.74) is 0.501. The molecule has 0 aliphatic rings. The van der Waals surface area contributed by atoms with Crippen LogP contribution in [-0.2, 0) is 18.8 Å². The van der Waals surface area contributed by atoms with E-state index in [1.54, 1.807) is 45.0 Å². The van der Waals surface area contributed by atoms with E-state index in [1.807, 2.05) is 0 Å². The van der Waals surface area contributed by atoms with Gasteiger partial charge in [-0.2, -0.15) is 0 Å². The van der Waals surface area contributed by atoms with Crippen molar-refractivity contribution in [2.75, 3.05) is 18.5 Å². The van der Waals surface area contributed by atoms with E-state index in [4.69, 9.17) is 21.1 Å².